The van der Waals surface area contributed by atoms with Gasteiger partial charge >= 0.3 is 0 Å². The Balaban J connectivity index is 1.42. The molecule has 0 radical (unpaired) electrons. The number of fused-ring (bicyclic) bond motifs is 1. The van der Waals surface area contributed by atoms with Gasteiger partial charge in [-0.1, -0.05) is 18.2 Å². The first kappa shape index (κ1) is 16.6. The number of hydrogen-bond donors (Lipinski definition) is 0. The summed E-state index contributed by atoms with van der Waals surface area (Å²) in [5.74, 6) is 0.0693. The average molecular weight is 361 g/mol. The Morgan fingerprint density at radius 2 is 1.80 bits per heavy atom. The van der Waals surface area contributed by atoms with Crippen LogP contribution in [0.2, 0.25) is 0 Å². The molecule has 25 heavy (non-hydrogen) atoms. The minimum absolute atomic E-state index is 0.0693. The van der Waals surface area contributed by atoms with Gasteiger partial charge in [-0.2, -0.15) is 4.31 Å². The quantitative estimate of drug-likeness (QED) is 0.826. The number of aryl methyl sites for hydroxylation is 1. The minimum Gasteiger partial charge on any atom is -0.350 e. The lowest BCUT2D eigenvalue weighted by atomic mass is 10.1. The summed E-state index contributed by atoms with van der Waals surface area (Å²) in [6.07, 6.45) is 3.93. The number of benzene rings is 1. The topological polar surface area (TPSA) is 62.6 Å². The van der Waals surface area contributed by atoms with Crippen LogP contribution in [0.15, 0.2) is 30.5 Å². The molecule has 134 valence electrons. The maximum absolute atomic E-state index is 12.7. The first-order chi connectivity index (χ1) is 12.0. The summed E-state index contributed by atoms with van der Waals surface area (Å²) in [5, 5.41) is 0.929. The van der Waals surface area contributed by atoms with Crippen LogP contribution in [0.3, 0.4) is 0 Å². The molecule has 0 N–H and O–H groups in total. The monoisotopic (exact) mass is 361 g/mol. The van der Waals surface area contributed by atoms with E-state index in [2.05, 4.69) is 0 Å². The van der Waals surface area contributed by atoms with E-state index in [1.807, 2.05) is 42.1 Å². The molecule has 6 nitrogen and oxygen atoms in total. The number of amides is 1. The van der Waals surface area contributed by atoms with Crippen molar-refractivity contribution in [2.45, 2.75) is 24.5 Å². The average Bonchev–Trinajstić information content (AvgIpc) is 3.43. The Hall–Kier alpha value is -1.86. The Labute approximate surface area is 148 Å². The second kappa shape index (κ2) is 6.14. The highest BCUT2D eigenvalue weighted by Gasteiger charge is 2.41. The molecule has 1 aromatic heterocycles. The molecule has 0 spiro atoms. The van der Waals surface area contributed by atoms with Gasteiger partial charge in [0.05, 0.1) is 11.7 Å². The molecule has 2 aromatic rings. The Morgan fingerprint density at radius 3 is 2.48 bits per heavy atom. The summed E-state index contributed by atoms with van der Waals surface area (Å²) < 4.78 is 28.2. The summed E-state index contributed by atoms with van der Waals surface area (Å²) in [6.45, 7) is 1.80. The van der Waals surface area contributed by atoms with Gasteiger partial charge in [-0.15, -0.1) is 0 Å². The molecule has 1 aliphatic heterocycles. The van der Waals surface area contributed by atoms with Crippen molar-refractivity contribution >= 4 is 26.8 Å². The van der Waals surface area contributed by atoms with Gasteiger partial charge in [-0.05, 0) is 24.5 Å². The molecule has 1 amide bonds. The van der Waals surface area contributed by atoms with Gasteiger partial charge in [0.15, 0.2) is 0 Å². The van der Waals surface area contributed by atoms with Crippen molar-refractivity contribution in [3.8, 4) is 0 Å². The Morgan fingerprint density at radius 1 is 1.12 bits per heavy atom. The van der Waals surface area contributed by atoms with Crippen molar-refractivity contribution in [2.24, 2.45) is 7.05 Å². The van der Waals surface area contributed by atoms with E-state index in [1.165, 1.54) is 0 Å². The van der Waals surface area contributed by atoms with Crippen molar-refractivity contribution in [1.82, 2.24) is 13.8 Å². The molecule has 1 aromatic carbocycles. The number of para-hydroxylation sites is 1. The number of nitrogens with zero attached hydrogens (tertiary/aromatic N) is 3. The van der Waals surface area contributed by atoms with Gasteiger partial charge in [-0.3, -0.25) is 4.79 Å². The highest BCUT2D eigenvalue weighted by atomic mass is 32.2. The van der Waals surface area contributed by atoms with Gasteiger partial charge in [-0.25, -0.2) is 8.42 Å². The fourth-order valence-electron chi connectivity index (χ4n) is 3.61. The lowest BCUT2D eigenvalue weighted by Gasteiger charge is -2.34. The van der Waals surface area contributed by atoms with Crippen LogP contribution >= 0.6 is 0 Å². The van der Waals surface area contributed by atoms with Gasteiger partial charge in [0.2, 0.25) is 15.9 Å². The van der Waals surface area contributed by atoms with Crippen molar-refractivity contribution in [2.75, 3.05) is 26.2 Å². The molecule has 1 saturated heterocycles. The highest BCUT2D eigenvalue weighted by molar-refractivity contribution is 7.90. The van der Waals surface area contributed by atoms with E-state index in [1.54, 1.807) is 9.21 Å². The van der Waals surface area contributed by atoms with Crippen LogP contribution in [-0.2, 0) is 28.3 Å². The molecule has 1 saturated carbocycles. The lowest BCUT2D eigenvalue weighted by Crippen LogP contribution is -2.51. The van der Waals surface area contributed by atoms with E-state index in [0.717, 1.165) is 29.3 Å². The van der Waals surface area contributed by atoms with E-state index in [9.17, 15) is 13.2 Å². The predicted octanol–water partition coefficient (Wildman–Crippen LogP) is 1.36. The zero-order valence-corrected chi connectivity index (χ0v) is 15.2. The smallest absolute Gasteiger partial charge is 0.227 e. The predicted molar refractivity (Wildman–Crippen MR) is 96.7 cm³/mol. The summed E-state index contributed by atoms with van der Waals surface area (Å²) in [6, 6.07) is 8.06. The molecular formula is C18H23N3O3S. The SMILES string of the molecule is Cn1cc(CC(=O)N2CCN(S(=O)(=O)C3CC3)CC2)c2ccccc21. The third-order valence-corrected chi connectivity index (χ3v) is 7.62. The normalized spacial score (nSPS) is 19.5. The van der Waals surface area contributed by atoms with Crippen molar-refractivity contribution in [3.63, 3.8) is 0 Å². The number of hydrogen-bond acceptors (Lipinski definition) is 3. The number of rotatable bonds is 4. The van der Waals surface area contributed by atoms with E-state index in [4.69, 9.17) is 0 Å². The summed E-state index contributed by atoms with van der Waals surface area (Å²) in [5.41, 5.74) is 2.14. The molecule has 7 heteroatoms. The standard InChI is InChI=1S/C18H23N3O3S/c1-19-13-14(16-4-2-3-5-17(16)19)12-18(22)20-8-10-21(11-9-20)25(23,24)15-6-7-15/h2-5,13,15H,6-12H2,1H3. The first-order valence-electron chi connectivity index (χ1n) is 8.76. The molecule has 2 heterocycles. The zero-order chi connectivity index (χ0) is 17.6. The van der Waals surface area contributed by atoms with Crippen LogP contribution < -0.4 is 0 Å². The number of sulfonamides is 1. The van der Waals surface area contributed by atoms with E-state index in [0.29, 0.717) is 32.6 Å². The van der Waals surface area contributed by atoms with Crippen LogP contribution in [0.25, 0.3) is 10.9 Å². The van der Waals surface area contributed by atoms with Crippen LogP contribution in [0, 0.1) is 0 Å². The number of aromatic nitrogens is 1. The number of carbonyl (C=O) groups excluding carboxylic acids is 1. The van der Waals surface area contributed by atoms with Crippen molar-refractivity contribution < 1.29 is 13.2 Å². The summed E-state index contributed by atoms with van der Waals surface area (Å²) in [4.78, 5) is 14.5. The van der Waals surface area contributed by atoms with E-state index >= 15 is 0 Å². The number of carbonyl (C=O) groups is 1. The second-order valence-electron chi connectivity index (χ2n) is 6.98. The largest absolute Gasteiger partial charge is 0.350 e. The van der Waals surface area contributed by atoms with Gasteiger partial charge < -0.3 is 9.47 Å². The molecule has 1 aliphatic carbocycles. The maximum Gasteiger partial charge on any atom is 0.227 e. The highest BCUT2D eigenvalue weighted by Crippen LogP contribution is 2.31. The molecule has 2 fully saturated rings. The molecule has 0 atom stereocenters. The molecule has 0 bridgehead atoms. The summed E-state index contributed by atoms with van der Waals surface area (Å²) in [7, 11) is -1.15. The molecular weight excluding hydrogens is 338 g/mol. The first-order valence-corrected chi connectivity index (χ1v) is 10.3. The van der Waals surface area contributed by atoms with E-state index < -0.39 is 10.0 Å². The van der Waals surface area contributed by atoms with E-state index in [-0.39, 0.29) is 11.2 Å². The lowest BCUT2D eigenvalue weighted by molar-refractivity contribution is -0.131. The summed E-state index contributed by atoms with van der Waals surface area (Å²) >= 11 is 0. The van der Waals surface area contributed by atoms with Crippen LogP contribution in [0.4, 0.5) is 0 Å². The fourth-order valence-corrected chi connectivity index (χ4v) is 5.44. The van der Waals surface area contributed by atoms with Crippen LogP contribution in [0.1, 0.15) is 18.4 Å². The number of piperazine rings is 1. The zero-order valence-electron chi connectivity index (χ0n) is 14.4. The maximum atomic E-state index is 12.7. The molecule has 0 unspecified atom stereocenters. The third-order valence-electron chi connectivity index (χ3n) is 5.22. The van der Waals surface area contributed by atoms with Gasteiger partial charge in [0.1, 0.15) is 0 Å². The van der Waals surface area contributed by atoms with Crippen molar-refractivity contribution in [3.05, 3.63) is 36.0 Å². The Kier molecular flexibility index (Phi) is 4.08. The van der Waals surface area contributed by atoms with Crippen LogP contribution in [0.5, 0.6) is 0 Å². The van der Waals surface area contributed by atoms with Gasteiger partial charge in [0.25, 0.3) is 0 Å². The van der Waals surface area contributed by atoms with Gasteiger partial charge in [0, 0.05) is 50.3 Å². The van der Waals surface area contributed by atoms with Crippen molar-refractivity contribution in [1.29, 1.82) is 0 Å². The fraction of sp³-hybridized carbons (Fsp3) is 0.500. The molecule has 2 aliphatic rings. The Bertz CT molecular complexity index is 907. The molecule has 4 rings (SSSR count). The minimum atomic E-state index is -3.13. The van der Waals surface area contributed by atoms with Crippen LogP contribution in [-0.4, -0.2) is 59.5 Å². The second-order valence-corrected chi connectivity index (χ2v) is 9.20. The third kappa shape index (κ3) is 3.06.